The normalized spacial score (nSPS) is 14.7. The zero-order valence-corrected chi connectivity index (χ0v) is 9.61. The second kappa shape index (κ2) is 8.68. The SMILES string of the molecule is CCCCCCCC(=O)OC(O)C(C)O. The van der Waals surface area contributed by atoms with Crippen LogP contribution in [-0.2, 0) is 9.53 Å². The zero-order valence-electron chi connectivity index (χ0n) is 9.61. The predicted molar refractivity (Wildman–Crippen MR) is 57.2 cm³/mol. The van der Waals surface area contributed by atoms with Gasteiger partial charge in [0, 0.05) is 6.42 Å². The molecule has 0 aromatic carbocycles. The second-order valence-electron chi connectivity index (χ2n) is 3.79. The monoisotopic (exact) mass is 218 g/mol. The van der Waals surface area contributed by atoms with Gasteiger partial charge in [-0.2, -0.15) is 0 Å². The maximum absolute atomic E-state index is 11.1. The summed E-state index contributed by atoms with van der Waals surface area (Å²) in [4.78, 5) is 11.1. The molecule has 0 fully saturated rings. The molecule has 2 unspecified atom stereocenters. The topological polar surface area (TPSA) is 66.8 Å². The molecule has 0 aliphatic heterocycles. The average molecular weight is 218 g/mol. The van der Waals surface area contributed by atoms with Gasteiger partial charge in [-0.25, -0.2) is 0 Å². The van der Waals surface area contributed by atoms with E-state index in [-0.39, 0.29) is 0 Å². The Morgan fingerprint density at radius 1 is 1.20 bits per heavy atom. The molecule has 0 aromatic rings. The van der Waals surface area contributed by atoms with Gasteiger partial charge < -0.3 is 14.9 Å². The quantitative estimate of drug-likeness (QED) is 0.369. The molecule has 0 saturated heterocycles. The van der Waals surface area contributed by atoms with Crippen LogP contribution in [0.5, 0.6) is 0 Å². The Morgan fingerprint density at radius 3 is 2.33 bits per heavy atom. The lowest BCUT2D eigenvalue weighted by atomic mass is 10.1. The summed E-state index contributed by atoms with van der Waals surface area (Å²) in [5, 5.41) is 17.9. The van der Waals surface area contributed by atoms with Crippen molar-refractivity contribution in [2.24, 2.45) is 0 Å². The van der Waals surface area contributed by atoms with Crippen molar-refractivity contribution in [2.45, 2.75) is 64.8 Å². The zero-order chi connectivity index (χ0) is 11.7. The summed E-state index contributed by atoms with van der Waals surface area (Å²) >= 11 is 0. The van der Waals surface area contributed by atoms with Crippen LogP contribution in [0.25, 0.3) is 0 Å². The fraction of sp³-hybridized carbons (Fsp3) is 0.909. The third-order valence-corrected chi connectivity index (χ3v) is 2.15. The van der Waals surface area contributed by atoms with E-state index in [1.807, 2.05) is 0 Å². The highest BCUT2D eigenvalue weighted by Gasteiger charge is 2.15. The van der Waals surface area contributed by atoms with E-state index < -0.39 is 18.4 Å². The van der Waals surface area contributed by atoms with Crippen LogP contribution in [-0.4, -0.2) is 28.6 Å². The molecule has 0 spiro atoms. The number of hydrogen-bond acceptors (Lipinski definition) is 4. The molecular formula is C11H22O4. The van der Waals surface area contributed by atoms with Gasteiger partial charge in [-0.1, -0.05) is 32.6 Å². The Bertz CT molecular complexity index is 168. The number of aliphatic hydroxyl groups is 2. The third kappa shape index (κ3) is 8.39. The lowest BCUT2D eigenvalue weighted by molar-refractivity contribution is -0.184. The highest BCUT2D eigenvalue weighted by molar-refractivity contribution is 5.69. The van der Waals surface area contributed by atoms with Gasteiger partial charge in [0.25, 0.3) is 0 Å². The summed E-state index contributed by atoms with van der Waals surface area (Å²) in [6.45, 7) is 3.51. The first-order chi connectivity index (χ1) is 7.07. The van der Waals surface area contributed by atoms with E-state index in [0.717, 1.165) is 19.3 Å². The Kier molecular flexibility index (Phi) is 8.33. The number of ether oxygens (including phenoxy) is 1. The molecule has 4 nitrogen and oxygen atoms in total. The van der Waals surface area contributed by atoms with Crippen molar-refractivity contribution < 1.29 is 19.7 Å². The van der Waals surface area contributed by atoms with Gasteiger partial charge in [-0.15, -0.1) is 0 Å². The number of carbonyl (C=O) groups excluding carboxylic acids is 1. The molecule has 2 N–H and O–H groups in total. The van der Waals surface area contributed by atoms with Gasteiger partial charge >= 0.3 is 5.97 Å². The van der Waals surface area contributed by atoms with E-state index in [2.05, 4.69) is 11.7 Å². The van der Waals surface area contributed by atoms with Crippen molar-refractivity contribution in [1.29, 1.82) is 0 Å². The summed E-state index contributed by atoms with van der Waals surface area (Å²) in [6.07, 6.45) is 3.16. The Balaban J connectivity index is 3.41. The molecule has 90 valence electrons. The van der Waals surface area contributed by atoms with Crippen LogP contribution in [0.3, 0.4) is 0 Å². The highest BCUT2D eigenvalue weighted by Crippen LogP contribution is 2.06. The van der Waals surface area contributed by atoms with Crippen molar-refractivity contribution in [1.82, 2.24) is 0 Å². The molecule has 0 aliphatic carbocycles. The van der Waals surface area contributed by atoms with Crippen molar-refractivity contribution in [3.63, 3.8) is 0 Å². The molecule has 0 bridgehead atoms. The van der Waals surface area contributed by atoms with Crippen LogP contribution in [0.2, 0.25) is 0 Å². The number of carbonyl (C=O) groups is 1. The maximum Gasteiger partial charge on any atom is 0.308 e. The molecule has 0 aromatic heterocycles. The lowest BCUT2D eigenvalue weighted by Gasteiger charge is -2.14. The van der Waals surface area contributed by atoms with E-state index >= 15 is 0 Å². The predicted octanol–water partition coefficient (Wildman–Crippen LogP) is 1.59. The van der Waals surface area contributed by atoms with Crippen molar-refractivity contribution >= 4 is 5.97 Å². The van der Waals surface area contributed by atoms with E-state index in [1.54, 1.807) is 0 Å². The van der Waals surface area contributed by atoms with Gasteiger partial charge in [0.2, 0.25) is 6.29 Å². The number of unbranched alkanes of at least 4 members (excludes halogenated alkanes) is 4. The summed E-state index contributed by atoms with van der Waals surface area (Å²) in [5.41, 5.74) is 0. The largest absolute Gasteiger partial charge is 0.433 e. The van der Waals surface area contributed by atoms with Crippen LogP contribution < -0.4 is 0 Å². The summed E-state index contributed by atoms with van der Waals surface area (Å²) < 4.78 is 4.58. The smallest absolute Gasteiger partial charge is 0.308 e. The number of hydrogen-bond donors (Lipinski definition) is 2. The first-order valence-corrected chi connectivity index (χ1v) is 5.63. The molecular weight excluding hydrogens is 196 g/mol. The van der Waals surface area contributed by atoms with Crippen molar-refractivity contribution in [3.05, 3.63) is 0 Å². The molecule has 0 aliphatic rings. The fourth-order valence-corrected chi connectivity index (χ4v) is 1.16. The minimum atomic E-state index is -1.40. The van der Waals surface area contributed by atoms with Gasteiger partial charge in [0.05, 0.1) is 0 Å². The van der Waals surface area contributed by atoms with Gasteiger partial charge in [-0.05, 0) is 13.3 Å². The molecule has 0 radical (unpaired) electrons. The molecule has 0 heterocycles. The van der Waals surface area contributed by atoms with Crippen LogP contribution in [0.15, 0.2) is 0 Å². The molecule has 0 saturated carbocycles. The van der Waals surface area contributed by atoms with E-state index in [1.165, 1.54) is 19.8 Å². The average Bonchev–Trinajstić information content (AvgIpc) is 2.17. The Hall–Kier alpha value is -0.610. The van der Waals surface area contributed by atoms with Gasteiger partial charge in [-0.3, -0.25) is 4.79 Å². The first kappa shape index (κ1) is 14.4. The number of esters is 1. The van der Waals surface area contributed by atoms with Crippen LogP contribution in [0.4, 0.5) is 0 Å². The van der Waals surface area contributed by atoms with Crippen molar-refractivity contribution in [2.75, 3.05) is 0 Å². The third-order valence-electron chi connectivity index (χ3n) is 2.15. The molecule has 2 atom stereocenters. The van der Waals surface area contributed by atoms with Crippen molar-refractivity contribution in [3.8, 4) is 0 Å². The second-order valence-corrected chi connectivity index (χ2v) is 3.79. The molecule has 0 amide bonds. The Labute approximate surface area is 91.3 Å². The molecule has 0 rings (SSSR count). The Morgan fingerprint density at radius 2 is 1.80 bits per heavy atom. The lowest BCUT2D eigenvalue weighted by Crippen LogP contribution is -2.28. The number of rotatable bonds is 8. The molecule has 15 heavy (non-hydrogen) atoms. The van der Waals surface area contributed by atoms with Crippen LogP contribution in [0, 0.1) is 0 Å². The van der Waals surface area contributed by atoms with E-state index in [0.29, 0.717) is 6.42 Å². The van der Waals surface area contributed by atoms with Crippen LogP contribution >= 0.6 is 0 Å². The maximum atomic E-state index is 11.1. The minimum absolute atomic E-state index is 0.313. The molecule has 4 heteroatoms. The summed E-state index contributed by atoms with van der Waals surface area (Å²) in [6, 6.07) is 0. The number of aliphatic hydroxyl groups excluding tert-OH is 2. The van der Waals surface area contributed by atoms with E-state index in [4.69, 9.17) is 10.2 Å². The summed E-state index contributed by atoms with van der Waals surface area (Å²) in [7, 11) is 0. The van der Waals surface area contributed by atoms with Gasteiger partial charge in [0.1, 0.15) is 6.10 Å². The standard InChI is InChI=1S/C11H22O4/c1-3-4-5-6-7-8-10(13)15-11(14)9(2)12/h9,11-12,14H,3-8H2,1-2H3. The van der Waals surface area contributed by atoms with Crippen LogP contribution in [0.1, 0.15) is 52.4 Å². The fourth-order valence-electron chi connectivity index (χ4n) is 1.16. The van der Waals surface area contributed by atoms with Gasteiger partial charge in [0.15, 0.2) is 0 Å². The highest BCUT2D eigenvalue weighted by atomic mass is 16.6. The summed E-state index contributed by atoms with van der Waals surface area (Å²) in [5.74, 6) is -0.445. The first-order valence-electron chi connectivity index (χ1n) is 5.63. The minimum Gasteiger partial charge on any atom is -0.433 e. The van der Waals surface area contributed by atoms with E-state index in [9.17, 15) is 4.79 Å².